The van der Waals surface area contributed by atoms with Crippen LogP contribution in [-0.2, 0) is 21.4 Å². The highest BCUT2D eigenvalue weighted by Crippen LogP contribution is 2.26. The van der Waals surface area contributed by atoms with Crippen molar-refractivity contribution in [2.24, 2.45) is 0 Å². The van der Waals surface area contributed by atoms with Crippen molar-refractivity contribution in [3.05, 3.63) is 72.1 Å². The Morgan fingerprint density at radius 3 is 2.43 bits per heavy atom. The molecule has 1 aliphatic heterocycles. The average molecular weight is 493 g/mol. The van der Waals surface area contributed by atoms with Crippen molar-refractivity contribution in [1.82, 2.24) is 19.3 Å². The van der Waals surface area contributed by atoms with E-state index in [4.69, 9.17) is 9.26 Å². The van der Waals surface area contributed by atoms with E-state index in [0.717, 1.165) is 21.9 Å². The lowest BCUT2D eigenvalue weighted by Gasteiger charge is -2.33. The van der Waals surface area contributed by atoms with Gasteiger partial charge in [-0.1, -0.05) is 41.6 Å². The molecule has 35 heavy (non-hydrogen) atoms. The molecule has 1 aliphatic rings. The van der Waals surface area contributed by atoms with Crippen LogP contribution in [0.25, 0.3) is 22.2 Å². The molecular formula is C25H24N4O5S. The monoisotopic (exact) mass is 492 g/mol. The first-order chi connectivity index (χ1) is 16.8. The minimum atomic E-state index is -3.80. The number of benzene rings is 3. The summed E-state index contributed by atoms with van der Waals surface area (Å²) < 4.78 is 38.0. The van der Waals surface area contributed by atoms with Gasteiger partial charge in [0.25, 0.3) is 0 Å². The Hall–Kier alpha value is -3.76. The predicted molar refractivity (Wildman–Crippen MR) is 129 cm³/mol. The van der Waals surface area contributed by atoms with Gasteiger partial charge in [0.1, 0.15) is 5.75 Å². The van der Waals surface area contributed by atoms with Crippen LogP contribution in [0.1, 0.15) is 11.5 Å². The van der Waals surface area contributed by atoms with Crippen LogP contribution in [0.3, 0.4) is 0 Å². The van der Waals surface area contributed by atoms with Crippen LogP contribution >= 0.6 is 0 Å². The number of rotatable bonds is 6. The molecule has 1 fully saturated rings. The lowest BCUT2D eigenvalue weighted by Crippen LogP contribution is -2.51. The second-order valence-corrected chi connectivity index (χ2v) is 10.3. The molecule has 1 amide bonds. The van der Waals surface area contributed by atoms with Crippen LogP contribution in [0, 0.1) is 6.92 Å². The molecule has 1 saturated heterocycles. The van der Waals surface area contributed by atoms with Gasteiger partial charge in [-0.3, -0.25) is 4.79 Å². The molecule has 0 unspecified atom stereocenters. The number of fused-ring (bicyclic) bond motifs is 1. The highest BCUT2D eigenvalue weighted by Gasteiger charge is 2.33. The normalized spacial score (nSPS) is 15.0. The van der Waals surface area contributed by atoms with Crippen LogP contribution in [0.4, 0.5) is 0 Å². The first-order valence-corrected chi connectivity index (χ1v) is 12.5. The molecular weight excluding hydrogens is 468 g/mol. The summed E-state index contributed by atoms with van der Waals surface area (Å²) in [4.78, 5) is 18.9. The first kappa shape index (κ1) is 23.0. The summed E-state index contributed by atoms with van der Waals surface area (Å²) in [5.41, 5.74) is 1.75. The maximum atomic E-state index is 13.2. The van der Waals surface area contributed by atoms with E-state index in [1.165, 1.54) is 4.31 Å². The summed E-state index contributed by atoms with van der Waals surface area (Å²) in [7, 11) is -2.21. The fourth-order valence-electron chi connectivity index (χ4n) is 4.09. The topological polar surface area (TPSA) is 106 Å². The van der Waals surface area contributed by atoms with Crippen LogP contribution < -0.4 is 4.74 Å². The lowest BCUT2D eigenvalue weighted by atomic mass is 10.1. The molecule has 0 atom stereocenters. The van der Waals surface area contributed by atoms with E-state index in [1.54, 1.807) is 43.2 Å². The number of methoxy groups -OCH3 is 1. The molecule has 4 aromatic rings. The van der Waals surface area contributed by atoms with Crippen LogP contribution in [0.5, 0.6) is 5.75 Å². The standard InChI is InChI=1S/C25H24N4O5S/c1-17-26-25(27-34-17)19-5-3-18(4-6-19)15-28-11-12-29(16-24(28)30)35(31,32)23-10-8-20-13-22(33-2)9-7-21(20)14-23/h3-10,13-14H,11-12,15-16H2,1-2H3. The van der Waals surface area contributed by atoms with Gasteiger partial charge in [0.2, 0.25) is 27.6 Å². The molecule has 1 aromatic heterocycles. The average Bonchev–Trinajstić information content (AvgIpc) is 3.31. The summed E-state index contributed by atoms with van der Waals surface area (Å²) in [6.45, 7) is 2.48. The van der Waals surface area contributed by atoms with Crippen molar-refractivity contribution >= 4 is 26.7 Å². The second kappa shape index (κ2) is 9.12. The highest BCUT2D eigenvalue weighted by atomic mass is 32.2. The highest BCUT2D eigenvalue weighted by molar-refractivity contribution is 7.89. The zero-order chi connectivity index (χ0) is 24.6. The summed E-state index contributed by atoms with van der Waals surface area (Å²) in [6, 6.07) is 18.0. The summed E-state index contributed by atoms with van der Waals surface area (Å²) in [5.74, 6) is 1.47. The summed E-state index contributed by atoms with van der Waals surface area (Å²) >= 11 is 0. The molecule has 0 N–H and O–H groups in total. The number of carbonyl (C=O) groups is 1. The fraction of sp³-hybridized carbons (Fsp3) is 0.240. The smallest absolute Gasteiger partial charge is 0.243 e. The van der Waals surface area contributed by atoms with Gasteiger partial charge in [0.05, 0.1) is 18.6 Å². The largest absolute Gasteiger partial charge is 0.497 e. The Kier molecular flexibility index (Phi) is 6.00. The fourth-order valence-corrected chi connectivity index (χ4v) is 5.51. The molecule has 2 heterocycles. The van der Waals surface area contributed by atoms with Gasteiger partial charge in [0, 0.05) is 32.1 Å². The van der Waals surface area contributed by atoms with Gasteiger partial charge >= 0.3 is 0 Å². The van der Waals surface area contributed by atoms with E-state index in [9.17, 15) is 13.2 Å². The zero-order valence-corrected chi connectivity index (χ0v) is 20.2. The molecule has 3 aromatic carbocycles. The SMILES string of the molecule is COc1ccc2cc(S(=O)(=O)N3CCN(Cc4ccc(-c5noc(C)n5)cc4)C(=O)C3)ccc2c1. The van der Waals surface area contributed by atoms with Gasteiger partial charge in [-0.05, 0) is 40.6 Å². The quantitative estimate of drug-likeness (QED) is 0.407. The van der Waals surface area contributed by atoms with Gasteiger partial charge < -0.3 is 14.2 Å². The number of aromatic nitrogens is 2. The Morgan fingerprint density at radius 2 is 1.74 bits per heavy atom. The minimum Gasteiger partial charge on any atom is -0.497 e. The molecule has 180 valence electrons. The predicted octanol–water partition coefficient (Wildman–Crippen LogP) is 3.24. The Labute approximate surface area is 203 Å². The third kappa shape index (κ3) is 4.62. The number of nitrogens with zero attached hydrogens (tertiary/aromatic N) is 4. The van der Waals surface area contributed by atoms with E-state index in [2.05, 4.69) is 10.1 Å². The van der Waals surface area contributed by atoms with Crippen molar-refractivity contribution < 1.29 is 22.5 Å². The number of amides is 1. The maximum Gasteiger partial charge on any atom is 0.243 e. The van der Waals surface area contributed by atoms with Gasteiger partial charge in [-0.25, -0.2) is 8.42 Å². The van der Waals surface area contributed by atoms with E-state index in [0.29, 0.717) is 30.6 Å². The zero-order valence-electron chi connectivity index (χ0n) is 19.3. The van der Waals surface area contributed by atoms with E-state index in [1.807, 2.05) is 36.4 Å². The molecule has 9 nitrogen and oxygen atoms in total. The Balaban J connectivity index is 1.26. The summed E-state index contributed by atoms with van der Waals surface area (Å²) in [5, 5.41) is 5.57. The van der Waals surface area contributed by atoms with Gasteiger partial charge in [-0.15, -0.1) is 0 Å². The number of hydrogen-bond donors (Lipinski definition) is 0. The molecule has 0 radical (unpaired) electrons. The van der Waals surface area contributed by atoms with E-state index < -0.39 is 10.0 Å². The lowest BCUT2D eigenvalue weighted by molar-refractivity contribution is -0.134. The molecule has 0 spiro atoms. The van der Waals surface area contributed by atoms with E-state index >= 15 is 0 Å². The van der Waals surface area contributed by atoms with Crippen molar-refractivity contribution in [2.75, 3.05) is 26.7 Å². The number of carbonyl (C=O) groups excluding carboxylic acids is 1. The third-order valence-electron chi connectivity index (χ3n) is 6.05. The summed E-state index contributed by atoms with van der Waals surface area (Å²) in [6.07, 6.45) is 0. The molecule has 0 aliphatic carbocycles. The molecule has 5 rings (SSSR count). The van der Waals surface area contributed by atoms with Gasteiger partial charge in [-0.2, -0.15) is 9.29 Å². The van der Waals surface area contributed by atoms with E-state index in [-0.39, 0.29) is 23.9 Å². The number of ether oxygens (including phenoxy) is 1. The maximum absolute atomic E-state index is 13.2. The Morgan fingerprint density at radius 1 is 1.00 bits per heavy atom. The van der Waals surface area contributed by atoms with Crippen molar-refractivity contribution in [2.45, 2.75) is 18.4 Å². The van der Waals surface area contributed by atoms with Crippen LogP contribution in [0.15, 0.2) is 70.1 Å². The molecule has 0 bridgehead atoms. The van der Waals surface area contributed by atoms with Crippen molar-refractivity contribution in [3.8, 4) is 17.1 Å². The second-order valence-electron chi connectivity index (χ2n) is 8.36. The van der Waals surface area contributed by atoms with Crippen molar-refractivity contribution in [3.63, 3.8) is 0 Å². The van der Waals surface area contributed by atoms with Crippen LogP contribution in [-0.4, -0.2) is 60.4 Å². The minimum absolute atomic E-state index is 0.170. The first-order valence-electron chi connectivity index (χ1n) is 11.1. The third-order valence-corrected chi connectivity index (χ3v) is 7.89. The number of aryl methyl sites for hydroxylation is 1. The van der Waals surface area contributed by atoms with Crippen LogP contribution in [0.2, 0.25) is 0 Å². The number of piperazine rings is 1. The Bertz CT molecular complexity index is 1500. The van der Waals surface area contributed by atoms with Crippen molar-refractivity contribution in [1.29, 1.82) is 0 Å². The van der Waals surface area contributed by atoms with Gasteiger partial charge in [0.15, 0.2) is 0 Å². The molecule has 10 heteroatoms. The number of sulfonamides is 1. The number of hydrogen-bond acceptors (Lipinski definition) is 7. The molecule has 0 saturated carbocycles.